The van der Waals surface area contributed by atoms with Crippen molar-refractivity contribution in [2.75, 3.05) is 0 Å². The molecule has 3 N–H and O–H groups in total. The molecule has 0 heterocycles. The third-order valence-electron chi connectivity index (χ3n) is 2.97. The molecular weight excluding hydrogens is 275 g/mol. The molecular formula is C15H15FN2OS. The number of nitrogens with zero attached hydrogens (tertiary/aromatic N) is 1. The molecule has 0 spiro atoms. The summed E-state index contributed by atoms with van der Waals surface area (Å²) in [5, 5.41) is 11.6. The third-order valence-corrected chi connectivity index (χ3v) is 4.06. The molecule has 0 amide bonds. The van der Waals surface area contributed by atoms with E-state index in [0.717, 1.165) is 11.1 Å². The fraction of sp³-hybridized carbons (Fsp3) is 0.133. The van der Waals surface area contributed by atoms with Crippen LogP contribution in [0.15, 0.2) is 52.5 Å². The number of hydrogen-bond donors (Lipinski definition) is 2. The Balaban J connectivity index is 2.13. The van der Waals surface area contributed by atoms with Gasteiger partial charge in [-0.15, -0.1) is 11.8 Å². The largest absolute Gasteiger partial charge is 0.409 e. The van der Waals surface area contributed by atoms with Crippen molar-refractivity contribution < 1.29 is 9.60 Å². The van der Waals surface area contributed by atoms with Gasteiger partial charge in [0.15, 0.2) is 5.84 Å². The first-order chi connectivity index (χ1) is 9.61. The molecule has 0 fully saturated rings. The first-order valence-electron chi connectivity index (χ1n) is 6.06. The van der Waals surface area contributed by atoms with Gasteiger partial charge in [-0.05, 0) is 36.2 Å². The average Bonchev–Trinajstić information content (AvgIpc) is 2.46. The normalized spacial score (nSPS) is 11.6. The van der Waals surface area contributed by atoms with Crippen LogP contribution in [-0.2, 0) is 5.75 Å². The number of aryl methyl sites for hydroxylation is 1. The van der Waals surface area contributed by atoms with E-state index in [9.17, 15) is 4.39 Å². The minimum absolute atomic E-state index is 0.0846. The summed E-state index contributed by atoms with van der Waals surface area (Å²) in [7, 11) is 0. The number of oxime groups is 1. The van der Waals surface area contributed by atoms with E-state index in [0.29, 0.717) is 16.2 Å². The fourth-order valence-corrected chi connectivity index (χ4v) is 2.81. The van der Waals surface area contributed by atoms with E-state index in [4.69, 9.17) is 10.9 Å². The Labute approximate surface area is 121 Å². The third kappa shape index (κ3) is 3.30. The van der Waals surface area contributed by atoms with Crippen molar-refractivity contribution >= 4 is 17.6 Å². The van der Waals surface area contributed by atoms with Crippen LogP contribution < -0.4 is 5.73 Å². The molecule has 0 aliphatic heterocycles. The van der Waals surface area contributed by atoms with Gasteiger partial charge >= 0.3 is 0 Å². The molecule has 2 aromatic carbocycles. The number of thioether (sulfide) groups is 1. The quantitative estimate of drug-likeness (QED) is 0.298. The number of benzene rings is 2. The zero-order chi connectivity index (χ0) is 14.5. The summed E-state index contributed by atoms with van der Waals surface area (Å²) in [5.41, 5.74) is 8.33. The second-order valence-corrected chi connectivity index (χ2v) is 5.36. The summed E-state index contributed by atoms with van der Waals surface area (Å²) < 4.78 is 13.5. The highest BCUT2D eigenvalue weighted by atomic mass is 32.2. The molecule has 2 rings (SSSR count). The average molecular weight is 290 g/mol. The van der Waals surface area contributed by atoms with Gasteiger partial charge in [0.1, 0.15) is 5.82 Å². The maximum absolute atomic E-state index is 13.5. The predicted molar refractivity (Wildman–Crippen MR) is 79.7 cm³/mol. The van der Waals surface area contributed by atoms with Crippen molar-refractivity contribution in [3.8, 4) is 0 Å². The van der Waals surface area contributed by atoms with Crippen LogP contribution in [0.5, 0.6) is 0 Å². The van der Waals surface area contributed by atoms with Gasteiger partial charge in [-0.3, -0.25) is 0 Å². The molecule has 0 atom stereocenters. The molecule has 0 saturated heterocycles. The molecule has 0 aromatic heterocycles. The van der Waals surface area contributed by atoms with Gasteiger partial charge in [0.25, 0.3) is 0 Å². The maximum Gasteiger partial charge on any atom is 0.170 e. The zero-order valence-electron chi connectivity index (χ0n) is 11.0. The minimum Gasteiger partial charge on any atom is -0.409 e. The molecule has 20 heavy (non-hydrogen) atoms. The number of hydrogen-bond acceptors (Lipinski definition) is 3. The second kappa shape index (κ2) is 6.43. The number of amidine groups is 1. The van der Waals surface area contributed by atoms with Crippen molar-refractivity contribution in [3.63, 3.8) is 0 Å². The molecule has 104 valence electrons. The molecule has 3 nitrogen and oxygen atoms in total. The lowest BCUT2D eigenvalue weighted by Crippen LogP contribution is -2.13. The van der Waals surface area contributed by atoms with E-state index in [-0.39, 0.29) is 11.7 Å². The Bertz CT molecular complexity index is 644. The predicted octanol–water partition coefficient (Wildman–Crippen LogP) is 3.52. The summed E-state index contributed by atoms with van der Waals surface area (Å²) in [6.07, 6.45) is 0. The summed E-state index contributed by atoms with van der Waals surface area (Å²) in [6.45, 7) is 1.95. The summed E-state index contributed by atoms with van der Waals surface area (Å²) in [4.78, 5) is 0.632. The Kier molecular flexibility index (Phi) is 4.63. The molecule has 0 aliphatic carbocycles. The van der Waals surface area contributed by atoms with Crippen LogP contribution in [0.1, 0.15) is 16.7 Å². The van der Waals surface area contributed by atoms with Gasteiger partial charge in [0, 0.05) is 16.2 Å². The lowest BCUT2D eigenvalue weighted by atomic mass is 10.1. The van der Waals surface area contributed by atoms with E-state index in [2.05, 4.69) is 5.16 Å². The van der Waals surface area contributed by atoms with E-state index < -0.39 is 0 Å². The van der Waals surface area contributed by atoms with Crippen molar-refractivity contribution in [1.82, 2.24) is 0 Å². The first-order valence-corrected chi connectivity index (χ1v) is 7.05. The molecule has 2 aromatic rings. The van der Waals surface area contributed by atoms with Gasteiger partial charge in [-0.1, -0.05) is 29.4 Å². The van der Waals surface area contributed by atoms with Crippen LogP contribution in [0.25, 0.3) is 0 Å². The number of nitrogens with two attached hydrogens (primary N) is 1. The number of halogens is 1. The molecule has 5 heteroatoms. The Morgan fingerprint density at radius 1 is 1.30 bits per heavy atom. The maximum atomic E-state index is 13.5. The Hall–Kier alpha value is -2.01. The van der Waals surface area contributed by atoms with Crippen LogP contribution in [-0.4, -0.2) is 11.0 Å². The molecule has 0 saturated carbocycles. The second-order valence-electron chi connectivity index (χ2n) is 4.35. The van der Waals surface area contributed by atoms with Gasteiger partial charge in [0.05, 0.1) is 0 Å². The van der Waals surface area contributed by atoms with Crippen molar-refractivity contribution in [1.29, 1.82) is 0 Å². The highest BCUT2D eigenvalue weighted by molar-refractivity contribution is 7.98. The van der Waals surface area contributed by atoms with Gasteiger partial charge in [-0.25, -0.2) is 4.39 Å². The minimum atomic E-state index is -0.205. The fourth-order valence-electron chi connectivity index (χ4n) is 1.79. The summed E-state index contributed by atoms with van der Waals surface area (Å²) >= 11 is 1.45. The smallest absolute Gasteiger partial charge is 0.170 e. The van der Waals surface area contributed by atoms with Crippen LogP contribution in [0, 0.1) is 12.7 Å². The SMILES string of the molecule is Cc1cc(/C(N)=N/O)ccc1CSc1ccccc1F. The van der Waals surface area contributed by atoms with Crippen LogP contribution in [0.4, 0.5) is 4.39 Å². The van der Waals surface area contributed by atoms with E-state index in [1.165, 1.54) is 17.8 Å². The lowest BCUT2D eigenvalue weighted by Gasteiger charge is -2.08. The van der Waals surface area contributed by atoms with Gasteiger partial charge in [-0.2, -0.15) is 0 Å². The Morgan fingerprint density at radius 3 is 2.70 bits per heavy atom. The van der Waals surface area contributed by atoms with Crippen molar-refractivity contribution in [3.05, 3.63) is 65.0 Å². The lowest BCUT2D eigenvalue weighted by molar-refractivity contribution is 0.318. The summed E-state index contributed by atoms with van der Waals surface area (Å²) in [5.74, 6) is 0.549. The molecule has 0 radical (unpaired) electrons. The molecule has 0 aliphatic rings. The van der Waals surface area contributed by atoms with E-state index >= 15 is 0 Å². The van der Waals surface area contributed by atoms with Gasteiger partial charge < -0.3 is 10.9 Å². The van der Waals surface area contributed by atoms with Crippen LogP contribution in [0.2, 0.25) is 0 Å². The number of rotatable bonds is 4. The highest BCUT2D eigenvalue weighted by Crippen LogP contribution is 2.26. The topological polar surface area (TPSA) is 58.6 Å². The summed E-state index contributed by atoms with van der Waals surface area (Å²) in [6, 6.07) is 12.3. The van der Waals surface area contributed by atoms with E-state index in [1.807, 2.05) is 25.1 Å². The van der Waals surface area contributed by atoms with Crippen LogP contribution >= 0.6 is 11.8 Å². The molecule has 0 bridgehead atoms. The van der Waals surface area contributed by atoms with Crippen molar-refractivity contribution in [2.24, 2.45) is 10.9 Å². The Morgan fingerprint density at radius 2 is 2.05 bits per heavy atom. The highest BCUT2D eigenvalue weighted by Gasteiger charge is 2.06. The monoisotopic (exact) mass is 290 g/mol. The zero-order valence-corrected chi connectivity index (χ0v) is 11.8. The van der Waals surface area contributed by atoms with Crippen LogP contribution in [0.3, 0.4) is 0 Å². The first kappa shape index (κ1) is 14.4. The molecule has 0 unspecified atom stereocenters. The van der Waals surface area contributed by atoms with Crippen molar-refractivity contribution in [2.45, 2.75) is 17.6 Å². The van der Waals surface area contributed by atoms with Gasteiger partial charge in [0.2, 0.25) is 0 Å². The standard InChI is InChI=1S/C15H15FN2OS/c1-10-8-11(15(17)18-19)6-7-12(10)9-20-14-5-3-2-4-13(14)16/h2-8,19H,9H2,1H3,(H2,17,18). The van der Waals surface area contributed by atoms with E-state index in [1.54, 1.807) is 18.2 Å².